The van der Waals surface area contributed by atoms with E-state index < -0.39 is 0 Å². The summed E-state index contributed by atoms with van der Waals surface area (Å²) in [6.45, 7) is 13.4. The first kappa shape index (κ1) is 23.5. The van der Waals surface area contributed by atoms with Gasteiger partial charge in [-0.1, -0.05) is 33.8 Å². The summed E-state index contributed by atoms with van der Waals surface area (Å²) in [5.74, 6) is 0.643. The van der Waals surface area contributed by atoms with E-state index in [1.165, 1.54) is 26.8 Å². The van der Waals surface area contributed by atoms with E-state index in [0.717, 1.165) is 31.5 Å². The van der Waals surface area contributed by atoms with Gasteiger partial charge >= 0.3 is 0 Å². The molecule has 4 aliphatic rings. The van der Waals surface area contributed by atoms with Crippen molar-refractivity contribution in [3.8, 4) is 0 Å². The number of carbonyl (C=O) groups is 2. The monoisotopic (exact) mass is 473 g/mol. The zero-order valence-electron chi connectivity index (χ0n) is 21.9. The third-order valence-electron chi connectivity index (χ3n) is 8.05. The maximum Gasteiger partial charge on any atom is 0.278 e. The van der Waals surface area contributed by atoms with Gasteiger partial charge in [0.25, 0.3) is 11.8 Å². The number of anilines is 1. The van der Waals surface area contributed by atoms with Gasteiger partial charge in [-0.05, 0) is 83.2 Å². The summed E-state index contributed by atoms with van der Waals surface area (Å²) >= 11 is 0. The van der Waals surface area contributed by atoms with Crippen molar-refractivity contribution in [3.05, 3.63) is 69.7 Å². The lowest BCUT2D eigenvalue weighted by molar-refractivity contribution is -0.141. The van der Waals surface area contributed by atoms with Crippen molar-refractivity contribution in [3.63, 3.8) is 0 Å². The van der Waals surface area contributed by atoms with E-state index in [9.17, 15) is 9.59 Å². The molecule has 1 fully saturated rings. The molecule has 0 radical (unpaired) electrons. The summed E-state index contributed by atoms with van der Waals surface area (Å²) in [5, 5.41) is 2.66. The highest BCUT2D eigenvalue weighted by Gasteiger charge is 2.40. The number of hydrogen-bond acceptors (Lipinski definition) is 4. The first-order valence-electron chi connectivity index (χ1n) is 12.4. The summed E-state index contributed by atoms with van der Waals surface area (Å²) in [6.07, 6.45) is 9.84. The lowest BCUT2D eigenvalue weighted by Gasteiger charge is -2.48. The van der Waals surface area contributed by atoms with Gasteiger partial charge in [-0.3, -0.25) is 19.6 Å². The number of hydrazine groups is 1. The lowest BCUT2D eigenvalue weighted by Crippen LogP contribution is -2.44. The van der Waals surface area contributed by atoms with E-state index in [2.05, 4.69) is 50.8 Å². The lowest BCUT2D eigenvalue weighted by atomic mass is 9.69. The Hall–Kier alpha value is -3.28. The summed E-state index contributed by atoms with van der Waals surface area (Å²) in [4.78, 5) is 27.9. The molecule has 2 amide bonds. The van der Waals surface area contributed by atoms with Crippen molar-refractivity contribution in [1.29, 1.82) is 0 Å². The topological polar surface area (TPSA) is 53.1 Å². The smallest absolute Gasteiger partial charge is 0.278 e. The average Bonchev–Trinajstić information content (AvgIpc) is 2.98. The van der Waals surface area contributed by atoms with Crippen molar-refractivity contribution < 1.29 is 14.3 Å². The van der Waals surface area contributed by atoms with Crippen LogP contribution in [0.25, 0.3) is 6.08 Å². The van der Waals surface area contributed by atoms with Crippen LogP contribution in [0.2, 0.25) is 0 Å². The van der Waals surface area contributed by atoms with Crippen molar-refractivity contribution in [1.82, 2.24) is 10.0 Å². The molecule has 35 heavy (non-hydrogen) atoms. The molecule has 0 unspecified atom stereocenters. The van der Waals surface area contributed by atoms with E-state index in [-0.39, 0.29) is 28.2 Å². The van der Waals surface area contributed by atoms with Crippen molar-refractivity contribution in [2.24, 2.45) is 0 Å². The minimum atomic E-state index is -0.305. The average molecular weight is 474 g/mol. The molecular formula is C29H35N3O3. The van der Waals surface area contributed by atoms with Crippen LogP contribution in [0.1, 0.15) is 64.2 Å². The minimum absolute atomic E-state index is 0.122. The molecule has 0 N–H and O–H groups in total. The molecule has 0 spiro atoms. The largest absolute Gasteiger partial charge is 0.462 e. The van der Waals surface area contributed by atoms with Gasteiger partial charge in [0.05, 0.1) is 0 Å². The van der Waals surface area contributed by atoms with Crippen LogP contribution in [-0.4, -0.2) is 49.0 Å². The molecule has 6 nitrogen and oxygen atoms in total. The standard InChI is InChI=1S/C29H35N3O3/c1-18-14-20(24-26(33)30(6)31(7)27(24)34)17-21(35-18)9-8-19-15-22-25-23(16-19)29(4,5)11-13-32(25)12-10-28(22,2)3/h8-9,14-17H,10-13H2,1-7H3/b9-8+. The Labute approximate surface area is 208 Å². The molecule has 5 rings (SSSR count). The SMILES string of the molecule is CC1=CC(=C2C(=O)N(C)N(C)C2=O)C=C(/C=C/c2cc3c4c(c2)C(C)(C)CCN4CCC3(C)C)O1. The summed E-state index contributed by atoms with van der Waals surface area (Å²) in [7, 11) is 3.20. The Balaban J connectivity index is 1.55. The van der Waals surface area contributed by atoms with Gasteiger partial charge in [-0.25, -0.2) is 0 Å². The second-order valence-corrected chi connectivity index (χ2v) is 11.4. The number of rotatable bonds is 2. The Morgan fingerprint density at radius 3 is 1.94 bits per heavy atom. The van der Waals surface area contributed by atoms with Gasteiger partial charge in [-0.2, -0.15) is 0 Å². The molecule has 4 aliphatic heterocycles. The van der Waals surface area contributed by atoms with Crippen LogP contribution in [0, 0.1) is 0 Å². The third kappa shape index (κ3) is 3.79. The van der Waals surface area contributed by atoms with Crippen LogP contribution >= 0.6 is 0 Å². The maximum atomic E-state index is 12.7. The van der Waals surface area contributed by atoms with Crippen LogP contribution in [0.15, 0.2) is 53.0 Å². The van der Waals surface area contributed by atoms with Gasteiger partial charge in [0.15, 0.2) is 0 Å². The number of hydrogen-bond donors (Lipinski definition) is 0. The number of likely N-dealkylation sites (N-methyl/N-ethyl adjacent to an activating group) is 2. The summed E-state index contributed by atoms with van der Waals surface area (Å²) in [5.41, 5.74) is 6.40. The quantitative estimate of drug-likeness (QED) is 0.456. The number of amides is 2. The van der Waals surface area contributed by atoms with Gasteiger partial charge < -0.3 is 9.64 Å². The predicted octanol–water partition coefficient (Wildman–Crippen LogP) is 4.83. The number of nitrogens with zero attached hydrogens (tertiary/aromatic N) is 3. The van der Waals surface area contributed by atoms with Crippen LogP contribution < -0.4 is 4.90 Å². The molecule has 1 saturated heterocycles. The molecule has 0 saturated carbocycles. The first-order valence-corrected chi connectivity index (χ1v) is 12.4. The van der Waals surface area contributed by atoms with Gasteiger partial charge in [0, 0.05) is 32.9 Å². The molecule has 0 aromatic heterocycles. The van der Waals surface area contributed by atoms with E-state index in [4.69, 9.17) is 4.74 Å². The van der Waals surface area contributed by atoms with Crippen molar-refractivity contribution >= 4 is 23.6 Å². The highest BCUT2D eigenvalue weighted by molar-refractivity contribution is 6.23. The van der Waals surface area contributed by atoms with Gasteiger partial charge in [-0.15, -0.1) is 0 Å². The Morgan fingerprint density at radius 1 is 0.857 bits per heavy atom. The van der Waals surface area contributed by atoms with E-state index >= 15 is 0 Å². The minimum Gasteiger partial charge on any atom is -0.462 e. The van der Waals surface area contributed by atoms with E-state index in [0.29, 0.717) is 17.1 Å². The third-order valence-corrected chi connectivity index (χ3v) is 8.05. The first-order chi connectivity index (χ1) is 16.4. The molecule has 1 aromatic rings. The van der Waals surface area contributed by atoms with Gasteiger partial charge in [0.2, 0.25) is 0 Å². The molecule has 1 aromatic carbocycles. The summed E-state index contributed by atoms with van der Waals surface area (Å²) < 4.78 is 5.94. The number of benzene rings is 1. The normalized spacial score (nSPS) is 23.0. The zero-order chi connectivity index (χ0) is 25.3. The predicted molar refractivity (Wildman–Crippen MR) is 138 cm³/mol. The maximum absolute atomic E-state index is 12.7. The second-order valence-electron chi connectivity index (χ2n) is 11.4. The van der Waals surface area contributed by atoms with E-state index in [1.54, 1.807) is 26.2 Å². The Kier molecular flexibility index (Phi) is 5.28. The van der Waals surface area contributed by atoms with Crippen LogP contribution in [0.3, 0.4) is 0 Å². The van der Waals surface area contributed by atoms with E-state index in [1.807, 2.05) is 13.0 Å². The van der Waals surface area contributed by atoms with Crippen molar-refractivity contribution in [2.45, 2.75) is 58.3 Å². The molecular weight excluding hydrogens is 438 g/mol. The summed E-state index contributed by atoms with van der Waals surface area (Å²) in [6, 6.07) is 4.64. The molecule has 184 valence electrons. The van der Waals surface area contributed by atoms with Gasteiger partial charge in [0.1, 0.15) is 17.1 Å². The molecule has 0 bridgehead atoms. The fourth-order valence-electron chi connectivity index (χ4n) is 5.56. The highest BCUT2D eigenvalue weighted by atomic mass is 16.5. The van der Waals surface area contributed by atoms with Crippen LogP contribution in [0.5, 0.6) is 0 Å². The zero-order valence-corrected chi connectivity index (χ0v) is 21.9. The highest BCUT2D eigenvalue weighted by Crippen LogP contribution is 2.49. The van der Waals surface area contributed by atoms with Crippen LogP contribution in [-0.2, 0) is 25.2 Å². The van der Waals surface area contributed by atoms with Crippen LogP contribution in [0.4, 0.5) is 5.69 Å². The number of allylic oxidation sites excluding steroid dienone is 5. The molecule has 6 heteroatoms. The fourth-order valence-corrected chi connectivity index (χ4v) is 5.56. The Bertz CT molecular complexity index is 1200. The fraction of sp³-hybridized carbons (Fsp3) is 0.448. The number of carbonyl (C=O) groups excluding carboxylic acids is 2. The second kappa shape index (κ2) is 7.87. The van der Waals surface area contributed by atoms with Crippen molar-refractivity contribution in [2.75, 3.05) is 32.1 Å². The number of ether oxygens (including phenoxy) is 1. The molecule has 0 aliphatic carbocycles. The Morgan fingerprint density at radius 2 is 1.40 bits per heavy atom. The molecule has 4 heterocycles. The molecule has 0 atom stereocenters.